The molecule has 1 heterocycles. The molecule has 0 atom stereocenters. The highest BCUT2D eigenvalue weighted by atomic mass is 32.2. The Labute approximate surface area is 156 Å². The first-order chi connectivity index (χ1) is 12.2. The van der Waals surface area contributed by atoms with Crippen molar-refractivity contribution in [1.82, 2.24) is 20.1 Å². The highest BCUT2D eigenvalue weighted by Crippen LogP contribution is 2.14. The molecule has 2 aromatic rings. The van der Waals surface area contributed by atoms with Crippen LogP contribution in [-0.4, -0.2) is 43.1 Å². The highest BCUT2D eigenvalue weighted by molar-refractivity contribution is 7.89. The second-order valence-corrected chi connectivity index (χ2v) is 7.94. The third kappa shape index (κ3) is 4.75. The van der Waals surface area contributed by atoms with Gasteiger partial charge in [0, 0.05) is 13.2 Å². The molecule has 0 bridgehead atoms. The van der Waals surface area contributed by atoms with Gasteiger partial charge in [0.05, 0.1) is 17.0 Å². The lowest BCUT2D eigenvalue weighted by Crippen LogP contribution is -2.46. The van der Waals surface area contributed by atoms with E-state index in [1.807, 2.05) is 6.92 Å². The number of sulfonamides is 1. The van der Waals surface area contributed by atoms with Gasteiger partial charge < -0.3 is 4.98 Å². The number of hydrogen-bond acceptors (Lipinski definition) is 5. The molecular formula is C16H18N4O4S2. The lowest BCUT2D eigenvalue weighted by Gasteiger charge is -2.17. The Bertz CT molecular complexity index is 968. The molecule has 0 saturated carbocycles. The van der Waals surface area contributed by atoms with Gasteiger partial charge in [-0.25, -0.2) is 8.42 Å². The van der Waals surface area contributed by atoms with Gasteiger partial charge in [-0.1, -0.05) is 29.9 Å². The third-order valence-corrected chi connectivity index (χ3v) is 5.63. The van der Waals surface area contributed by atoms with E-state index in [0.29, 0.717) is 0 Å². The molecule has 0 saturated heterocycles. The summed E-state index contributed by atoms with van der Waals surface area (Å²) in [5, 5.41) is 0. The smallest absolute Gasteiger partial charge is 0.272 e. The van der Waals surface area contributed by atoms with Crippen LogP contribution in [0.25, 0.3) is 0 Å². The number of nitrogens with zero attached hydrogens (tertiary/aromatic N) is 1. The van der Waals surface area contributed by atoms with Gasteiger partial charge in [-0.05, 0) is 31.2 Å². The number of aryl methyl sites for hydroxylation is 1. The number of aromatic nitrogens is 1. The third-order valence-electron chi connectivity index (χ3n) is 3.47. The summed E-state index contributed by atoms with van der Waals surface area (Å²) >= 11 is 4.97. The first-order valence-corrected chi connectivity index (χ1v) is 9.36. The van der Waals surface area contributed by atoms with Gasteiger partial charge in [0.15, 0.2) is 0 Å². The van der Waals surface area contributed by atoms with Crippen LogP contribution in [0.15, 0.2) is 47.5 Å². The number of benzene rings is 1. The standard InChI is InChI=1S/C16H18N4O4S2/c1-11-5-7-12(8-6-11)26(23,24)20(2)10-14(21)18-19-15(22)13-4-3-9-17-16(13)25/h3-9H,10H2,1-2H3,(H,17,25)(H,18,21)(H,19,22). The topological polar surface area (TPSA) is 111 Å². The average Bonchev–Trinajstić information content (AvgIpc) is 2.60. The molecule has 2 rings (SSSR count). The summed E-state index contributed by atoms with van der Waals surface area (Å²) in [6.07, 6.45) is 1.57. The lowest BCUT2D eigenvalue weighted by atomic mass is 10.2. The molecule has 2 amide bonds. The Hall–Kier alpha value is -2.56. The average molecular weight is 394 g/mol. The van der Waals surface area contributed by atoms with Crippen LogP contribution in [0.4, 0.5) is 0 Å². The van der Waals surface area contributed by atoms with Crippen LogP contribution in [0.2, 0.25) is 0 Å². The van der Waals surface area contributed by atoms with Crippen LogP contribution < -0.4 is 10.9 Å². The largest absolute Gasteiger partial charge is 0.352 e. The van der Waals surface area contributed by atoms with Crippen molar-refractivity contribution < 1.29 is 18.0 Å². The molecule has 1 aromatic carbocycles. The van der Waals surface area contributed by atoms with Crippen molar-refractivity contribution >= 4 is 34.1 Å². The number of hydrogen-bond donors (Lipinski definition) is 3. The summed E-state index contributed by atoms with van der Waals surface area (Å²) in [6.45, 7) is 1.38. The quantitative estimate of drug-likeness (QED) is 0.520. The van der Waals surface area contributed by atoms with Crippen molar-refractivity contribution in [3.63, 3.8) is 0 Å². The van der Waals surface area contributed by atoms with Gasteiger partial charge in [-0.15, -0.1) is 0 Å². The van der Waals surface area contributed by atoms with Gasteiger partial charge in [0.25, 0.3) is 11.8 Å². The molecule has 26 heavy (non-hydrogen) atoms. The number of aromatic amines is 1. The molecule has 138 valence electrons. The lowest BCUT2D eigenvalue weighted by molar-refractivity contribution is -0.121. The fourth-order valence-electron chi connectivity index (χ4n) is 2.01. The number of nitrogens with one attached hydrogen (secondary N) is 3. The molecule has 0 spiro atoms. The zero-order valence-electron chi connectivity index (χ0n) is 14.1. The summed E-state index contributed by atoms with van der Waals surface area (Å²) in [5.41, 5.74) is 5.47. The van der Waals surface area contributed by atoms with Crippen molar-refractivity contribution in [1.29, 1.82) is 0 Å². The Morgan fingerprint density at radius 1 is 1.15 bits per heavy atom. The van der Waals surface area contributed by atoms with E-state index in [9.17, 15) is 18.0 Å². The van der Waals surface area contributed by atoms with Gasteiger partial charge in [0.2, 0.25) is 10.0 Å². The van der Waals surface area contributed by atoms with Crippen LogP contribution in [0.1, 0.15) is 15.9 Å². The van der Waals surface area contributed by atoms with Gasteiger partial charge in [-0.3, -0.25) is 20.4 Å². The molecule has 3 N–H and O–H groups in total. The van der Waals surface area contributed by atoms with Crippen LogP contribution in [0.3, 0.4) is 0 Å². The van der Waals surface area contributed by atoms with E-state index in [1.165, 1.54) is 25.2 Å². The summed E-state index contributed by atoms with van der Waals surface area (Å²) < 4.78 is 26.0. The molecule has 0 fully saturated rings. The van der Waals surface area contributed by atoms with Crippen molar-refractivity contribution in [2.24, 2.45) is 0 Å². The number of likely N-dealkylation sites (N-methyl/N-ethyl adjacent to an activating group) is 1. The van der Waals surface area contributed by atoms with E-state index in [-0.39, 0.29) is 15.1 Å². The molecule has 0 radical (unpaired) electrons. The minimum atomic E-state index is -3.81. The number of carbonyl (C=O) groups is 2. The second kappa shape index (κ2) is 8.21. The van der Waals surface area contributed by atoms with Gasteiger partial charge in [0.1, 0.15) is 4.64 Å². The zero-order chi connectivity index (χ0) is 19.3. The Morgan fingerprint density at radius 2 is 1.81 bits per heavy atom. The SMILES string of the molecule is Cc1ccc(S(=O)(=O)N(C)CC(=O)NNC(=O)c2ccc[nH]c2=S)cc1. The predicted octanol–water partition coefficient (Wildman–Crippen LogP) is 1.13. The van der Waals surface area contributed by atoms with E-state index < -0.39 is 28.4 Å². The molecule has 8 nitrogen and oxygen atoms in total. The van der Waals surface area contributed by atoms with Crippen LogP contribution in [0, 0.1) is 11.6 Å². The molecule has 10 heteroatoms. The molecule has 0 aliphatic heterocycles. The molecule has 0 aliphatic carbocycles. The molecule has 1 aromatic heterocycles. The van der Waals surface area contributed by atoms with Crippen molar-refractivity contribution in [3.05, 3.63) is 58.4 Å². The van der Waals surface area contributed by atoms with Crippen molar-refractivity contribution in [2.75, 3.05) is 13.6 Å². The van der Waals surface area contributed by atoms with E-state index in [0.717, 1.165) is 9.87 Å². The highest BCUT2D eigenvalue weighted by Gasteiger charge is 2.23. The van der Waals surface area contributed by atoms with E-state index >= 15 is 0 Å². The maximum Gasteiger partial charge on any atom is 0.272 e. The van der Waals surface area contributed by atoms with Crippen molar-refractivity contribution in [2.45, 2.75) is 11.8 Å². The fourth-order valence-corrected chi connectivity index (χ4v) is 3.37. The van der Waals surface area contributed by atoms with Crippen LogP contribution in [0.5, 0.6) is 0 Å². The normalized spacial score (nSPS) is 11.2. The van der Waals surface area contributed by atoms with Crippen LogP contribution in [-0.2, 0) is 14.8 Å². The van der Waals surface area contributed by atoms with E-state index in [4.69, 9.17) is 12.2 Å². The summed E-state index contributed by atoms with van der Waals surface area (Å²) in [6, 6.07) is 9.37. The number of pyridine rings is 1. The number of amides is 2. The van der Waals surface area contributed by atoms with Gasteiger partial charge >= 0.3 is 0 Å². The molecule has 0 aliphatic rings. The van der Waals surface area contributed by atoms with E-state index in [1.54, 1.807) is 24.4 Å². The Balaban J connectivity index is 1.96. The second-order valence-electron chi connectivity index (χ2n) is 5.49. The minimum Gasteiger partial charge on any atom is -0.352 e. The summed E-state index contributed by atoms with van der Waals surface area (Å²) in [4.78, 5) is 26.7. The Morgan fingerprint density at radius 3 is 2.42 bits per heavy atom. The zero-order valence-corrected chi connectivity index (χ0v) is 15.8. The predicted molar refractivity (Wildman–Crippen MR) is 98.2 cm³/mol. The summed E-state index contributed by atoms with van der Waals surface area (Å²) in [5.74, 6) is -1.30. The number of carbonyl (C=O) groups excluding carboxylic acids is 2. The number of rotatable bonds is 5. The molecular weight excluding hydrogens is 376 g/mol. The number of hydrazine groups is 1. The minimum absolute atomic E-state index is 0.0815. The molecule has 0 unspecified atom stereocenters. The first-order valence-electron chi connectivity index (χ1n) is 7.51. The maximum atomic E-state index is 12.4. The Kier molecular flexibility index (Phi) is 6.24. The maximum absolute atomic E-state index is 12.4. The van der Waals surface area contributed by atoms with Crippen molar-refractivity contribution in [3.8, 4) is 0 Å². The first kappa shape index (κ1) is 19.8. The van der Waals surface area contributed by atoms with Crippen LogP contribution >= 0.6 is 12.2 Å². The number of H-pyrrole nitrogens is 1. The fraction of sp³-hybridized carbons (Fsp3) is 0.188. The van der Waals surface area contributed by atoms with Gasteiger partial charge in [-0.2, -0.15) is 4.31 Å². The van der Waals surface area contributed by atoms with E-state index in [2.05, 4.69) is 15.8 Å². The monoisotopic (exact) mass is 394 g/mol. The summed E-state index contributed by atoms with van der Waals surface area (Å²) in [7, 11) is -2.53.